The van der Waals surface area contributed by atoms with Crippen LogP contribution >= 0.6 is 11.6 Å². The van der Waals surface area contributed by atoms with Crippen molar-refractivity contribution in [2.24, 2.45) is 0 Å². The number of rotatable bonds is 2. The lowest BCUT2D eigenvalue weighted by Crippen LogP contribution is -1.93. The van der Waals surface area contributed by atoms with Gasteiger partial charge in [-0.1, -0.05) is 11.6 Å². The largest absolute Gasteiger partial charge is 0.359 e. The summed E-state index contributed by atoms with van der Waals surface area (Å²) in [7, 11) is 0. The van der Waals surface area contributed by atoms with Gasteiger partial charge in [-0.05, 0) is 12.1 Å². The average molecular weight is 208 g/mol. The van der Waals surface area contributed by atoms with Gasteiger partial charge in [-0.3, -0.25) is 4.79 Å². The van der Waals surface area contributed by atoms with E-state index in [0.717, 1.165) is 5.69 Å². The number of hydrogen-bond donors (Lipinski definition) is 1. The van der Waals surface area contributed by atoms with Crippen molar-refractivity contribution in [2.75, 3.05) is 0 Å². The van der Waals surface area contributed by atoms with E-state index in [9.17, 15) is 4.79 Å². The molecule has 2 aromatic heterocycles. The maximum atomic E-state index is 10.5. The number of aromatic amines is 1. The van der Waals surface area contributed by atoms with Gasteiger partial charge in [-0.2, -0.15) is 0 Å². The van der Waals surface area contributed by atoms with E-state index in [-0.39, 0.29) is 5.15 Å². The molecule has 0 aromatic carbocycles. The number of aldehydes is 1. The van der Waals surface area contributed by atoms with Gasteiger partial charge in [0.25, 0.3) is 0 Å². The van der Waals surface area contributed by atoms with E-state index >= 15 is 0 Å². The normalized spacial score (nSPS) is 10.1. The SMILES string of the molecule is O=Cc1cnc(-c2ccc[nH]2)nc1Cl. The van der Waals surface area contributed by atoms with E-state index < -0.39 is 0 Å². The highest BCUT2D eigenvalue weighted by atomic mass is 35.5. The molecule has 0 amide bonds. The molecule has 0 saturated carbocycles. The molecule has 0 aliphatic rings. The summed E-state index contributed by atoms with van der Waals surface area (Å²) in [6.45, 7) is 0. The van der Waals surface area contributed by atoms with Crippen LogP contribution in [0.3, 0.4) is 0 Å². The Morgan fingerprint density at radius 1 is 1.50 bits per heavy atom. The second-order valence-corrected chi connectivity index (χ2v) is 3.00. The minimum absolute atomic E-state index is 0.166. The first kappa shape index (κ1) is 8.90. The van der Waals surface area contributed by atoms with Gasteiger partial charge in [-0.15, -0.1) is 0 Å². The Bertz CT molecular complexity index is 453. The third kappa shape index (κ3) is 1.52. The van der Waals surface area contributed by atoms with Crippen molar-refractivity contribution in [1.29, 1.82) is 0 Å². The first-order valence-corrected chi connectivity index (χ1v) is 4.30. The minimum Gasteiger partial charge on any atom is -0.359 e. The highest BCUT2D eigenvalue weighted by Crippen LogP contribution is 2.16. The molecule has 0 aliphatic heterocycles. The van der Waals surface area contributed by atoms with Crippen LogP contribution in [0.15, 0.2) is 24.5 Å². The monoisotopic (exact) mass is 207 g/mol. The quantitative estimate of drug-likeness (QED) is 0.605. The third-order valence-corrected chi connectivity index (χ3v) is 2.04. The number of carbonyl (C=O) groups is 1. The standard InChI is InChI=1S/C9H6ClN3O/c10-8-6(5-14)4-12-9(13-8)7-2-1-3-11-7/h1-5,11H. The van der Waals surface area contributed by atoms with Crippen LogP contribution in [-0.2, 0) is 0 Å². The predicted octanol–water partition coefficient (Wildman–Crippen LogP) is 1.94. The Labute approximate surface area is 85.0 Å². The van der Waals surface area contributed by atoms with Crippen LogP contribution in [0.4, 0.5) is 0 Å². The summed E-state index contributed by atoms with van der Waals surface area (Å²) in [4.78, 5) is 21.4. The zero-order valence-electron chi connectivity index (χ0n) is 7.07. The molecule has 1 N–H and O–H groups in total. The van der Waals surface area contributed by atoms with Crippen molar-refractivity contribution in [1.82, 2.24) is 15.0 Å². The van der Waals surface area contributed by atoms with Gasteiger partial charge in [-0.25, -0.2) is 9.97 Å². The predicted molar refractivity (Wildman–Crippen MR) is 52.2 cm³/mol. The lowest BCUT2D eigenvalue weighted by Gasteiger charge is -1.98. The van der Waals surface area contributed by atoms with Crippen LogP contribution in [-0.4, -0.2) is 21.2 Å². The maximum absolute atomic E-state index is 10.5. The molecule has 0 atom stereocenters. The van der Waals surface area contributed by atoms with Gasteiger partial charge >= 0.3 is 0 Å². The van der Waals surface area contributed by atoms with Crippen molar-refractivity contribution in [3.63, 3.8) is 0 Å². The first-order chi connectivity index (χ1) is 6.81. The Morgan fingerprint density at radius 2 is 2.36 bits per heavy atom. The molecular weight excluding hydrogens is 202 g/mol. The average Bonchev–Trinajstić information content (AvgIpc) is 2.70. The molecule has 0 radical (unpaired) electrons. The van der Waals surface area contributed by atoms with Crippen molar-refractivity contribution in [3.05, 3.63) is 35.2 Å². The van der Waals surface area contributed by atoms with Crippen molar-refractivity contribution < 1.29 is 4.79 Å². The van der Waals surface area contributed by atoms with Crippen molar-refractivity contribution in [3.8, 4) is 11.5 Å². The van der Waals surface area contributed by atoms with Gasteiger partial charge < -0.3 is 4.98 Å². The lowest BCUT2D eigenvalue weighted by atomic mass is 10.3. The van der Waals surface area contributed by atoms with E-state index in [2.05, 4.69) is 15.0 Å². The summed E-state index contributed by atoms with van der Waals surface area (Å²) in [5.74, 6) is 0.477. The summed E-state index contributed by atoms with van der Waals surface area (Å²) in [6.07, 6.45) is 3.79. The zero-order valence-corrected chi connectivity index (χ0v) is 7.82. The van der Waals surface area contributed by atoms with E-state index in [1.54, 1.807) is 6.20 Å². The number of halogens is 1. The topological polar surface area (TPSA) is 58.6 Å². The highest BCUT2D eigenvalue weighted by molar-refractivity contribution is 6.31. The molecule has 0 unspecified atom stereocenters. The molecule has 2 rings (SSSR count). The van der Waals surface area contributed by atoms with Crippen LogP contribution in [0.5, 0.6) is 0 Å². The highest BCUT2D eigenvalue weighted by Gasteiger charge is 2.05. The van der Waals surface area contributed by atoms with E-state index in [1.807, 2.05) is 12.1 Å². The molecule has 2 heterocycles. The summed E-state index contributed by atoms with van der Waals surface area (Å²) in [6, 6.07) is 3.66. The van der Waals surface area contributed by atoms with Gasteiger partial charge in [0, 0.05) is 12.4 Å². The molecule has 0 fully saturated rings. The number of nitrogens with zero attached hydrogens (tertiary/aromatic N) is 2. The fraction of sp³-hybridized carbons (Fsp3) is 0. The molecule has 0 saturated heterocycles. The molecule has 2 aromatic rings. The Balaban J connectivity index is 2.48. The molecule has 4 nitrogen and oxygen atoms in total. The molecule has 14 heavy (non-hydrogen) atoms. The van der Waals surface area contributed by atoms with Crippen LogP contribution in [0.2, 0.25) is 5.15 Å². The fourth-order valence-electron chi connectivity index (χ4n) is 1.05. The van der Waals surface area contributed by atoms with Gasteiger partial charge in [0.2, 0.25) is 0 Å². The van der Waals surface area contributed by atoms with Crippen LogP contribution in [0.25, 0.3) is 11.5 Å². The lowest BCUT2D eigenvalue weighted by molar-refractivity contribution is 0.112. The Morgan fingerprint density at radius 3 is 2.93 bits per heavy atom. The Hall–Kier alpha value is -1.68. The second-order valence-electron chi connectivity index (χ2n) is 2.64. The number of hydrogen-bond acceptors (Lipinski definition) is 3. The summed E-state index contributed by atoms with van der Waals surface area (Å²) in [5.41, 5.74) is 1.06. The summed E-state index contributed by atoms with van der Waals surface area (Å²) < 4.78 is 0. The van der Waals surface area contributed by atoms with E-state index in [4.69, 9.17) is 11.6 Å². The first-order valence-electron chi connectivity index (χ1n) is 3.93. The smallest absolute Gasteiger partial charge is 0.177 e. The fourth-order valence-corrected chi connectivity index (χ4v) is 1.22. The summed E-state index contributed by atoms with van der Waals surface area (Å²) >= 11 is 5.75. The van der Waals surface area contributed by atoms with Crippen LogP contribution in [0, 0.1) is 0 Å². The van der Waals surface area contributed by atoms with Gasteiger partial charge in [0.1, 0.15) is 5.15 Å². The molecule has 0 spiro atoms. The maximum Gasteiger partial charge on any atom is 0.177 e. The van der Waals surface area contributed by atoms with E-state index in [0.29, 0.717) is 17.7 Å². The molecular formula is C9H6ClN3O. The Kier molecular flexibility index (Phi) is 2.28. The van der Waals surface area contributed by atoms with Crippen LogP contribution < -0.4 is 0 Å². The molecule has 5 heteroatoms. The molecule has 70 valence electrons. The number of carbonyl (C=O) groups excluding carboxylic acids is 1. The van der Waals surface area contributed by atoms with Crippen molar-refractivity contribution in [2.45, 2.75) is 0 Å². The number of H-pyrrole nitrogens is 1. The molecule has 0 bridgehead atoms. The van der Waals surface area contributed by atoms with Gasteiger partial charge in [0.05, 0.1) is 11.3 Å². The summed E-state index contributed by atoms with van der Waals surface area (Å²) in [5, 5.41) is 0.166. The van der Waals surface area contributed by atoms with Crippen LogP contribution in [0.1, 0.15) is 10.4 Å². The second kappa shape index (κ2) is 3.59. The number of nitrogens with one attached hydrogen (secondary N) is 1. The minimum atomic E-state index is 0.166. The third-order valence-electron chi connectivity index (χ3n) is 1.73. The number of aromatic nitrogens is 3. The van der Waals surface area contributed by atoms with E-state index in [1.165, 1.54) is 6.20 Å². The molecule has 0 aliphatic carbocycles. The van der Waals surface area contributed by atoms with Crippen molar-refractivity contribution >= 4 is 17.9 Å². The van der Waals surface area contributed by atoms with Gasteiger partial charge in [0.15, 0.2) is 12.1 Å². The zero-order chi connectivity index (χ0) is 9.97.